The molecule has 0 unspecified atom stereocenters. The Morgan fingerprint density at radius 2 is 1.56 bits per heavy atom. The van der Waals surface area contributed by atoms with Gasteiger partial charge >= 0.3 is 6.18 Å². The number of nitrogens with zero attached hydrogens (tertiary/aromatic N) is 5. The maximum atomic E-state index is 13.2. The van der Waals surface area contributed by atoms with Crippen molar-refractivity contribution in [2.24, 2.45) is 0 Å². The first kappa shape index (κ1) is 25.4. The van der Waals surface area contributed by atoms with Gasteiger partial charge in [0.2, 0.25) is 0 Å². The second-order valence-electron chi connectivity index (χ2n) is 8.36. The van der Waals surface area contributed by atoms with Crippen LogP contribution in [0.5, 0.6) is 0 Å². The van der Waals surface area contributed by atoms with Gasteiger partial charge in [0.1, 0.15) is 17.3 Å². The Labute approximate surface area is 212 Å². The molecule has 4 aromatic rings. The summed E-state index contributed by atoms with van der Waals surface area (Å²) in [6.45, 7) is 0.279. The summed E-state index contributed by atoms with van der Waals surface area (Å²) in [5, 5.41) is 2.40. The molecule has 6 nitrogen and oxygen atoms in total. The molecule has 0 saturated carbocycles. The van der Waals surface area contributed by atoms with E-state index in [0.29, 0.717) is 16.4 Å². The van der Waals surface area contributed by atoms with Crippen molar-refractivity contribution in [1.29, 1.82) is 0 Å². The first-order valence-corrected chi connectivity index (χ1v) is 11.4. The highest BCUT2D eigenvalue weighted by Crippen LogP contribution is 2.37. The Morgan fingerprint density at radius 3 is 2.19 bits per heavy atom. The molecule has 4 rings (SSSR count). The normalized spacial score (nSPS) is 11.6. The Balaban J connectivity index is 1.69. The molecule has 3 aromatic heterocycles. The van der Waals surface area contributed by atoms with Gasteiger partial charge in [-0.25, -0.2) is 15.0 Å². The molecule has 3 heterocycles. The molecule has 0 bridgehead atoms. The number of alkyl halides is 3. The summed E-state index contributed by atoms with van der Waals surface area (Å²) in [6, 6.07) is 15.7. The predicted molar refractivity (Wildman–Crippen MR) is 137 cm³/mol. The van der Waals surface area contributed by atoms with Gasteiger partial charge in [-0.2, -0.15) is 13.2 Å². The van der Waals surface area contributed by atoms with Crippen molar-refractivity contribution < 1.29 is 13.2 Å². The second-order valence-corrected chi connectivity index (χ2v) is 8.80. The number of hydrazine groups is 1. The molecule has 0 aliphatic heterocycles. The lowest BCUT2D eigenvalue weighted by atomic mass is 9.96. The van der Waals surface area contributed by atoms with Crippen LogP contribution >= 0.6 is 11.6 Å². The van der Waals surface area contributed by atoms with E-state index in [-0.39, 0.29) is 12.4 Å². The number of halogens is 4. The molecule has 0 fully saturated rings. The number of pyridine rings is 3. The lowest BCUT2D eigenvalue weighted by Gasteiger charge is -2.25. The van der Waals surface area contributed by atoms with Crippen LogP contribution in [0.4, 0.5) is 24.8 Å². The Kier molecular flexibility index (Phi) is 7.42. The van der Waals surface area contributed by atoms with Crippen molar-refractivity contribution in [2.45, 2.75) is 12.7 Å². The van der Waals surface area contributed by atoms with Gasteiger partial charge in [-0.15, -0.1) is 0 Å². The largest absolute Gasteiger partial charge is 0.433 e. The molecule has 1 N–H and O–H groups in total. The molecule has 0 atom stereocenters. The number of benzene rings is 1. The maximum Gasteiger partial charge on any atom is 0.433 e. The Bertz CT molecular complexity index is 1330. The molecule has 10 heteroatoms. The molecular weight excluding hydrogens is 489 g/mol. The summed E-state index contributed by atoms with van der Waals surface area (Å²) in [4.78, 5) is 14.1. The molecule has 0 saturated heterocycles. The molecule has 0 spiro atoms. The van der Waals surface area contributed by atoms with Gasteiger partial charge in [-0.3, -0.25) is 4.98 Å². The average molecular weight is 513 g/mol. The molecule has 0 aliphatic rings. The molecule has 36 heavy (non-hydrogen) atoms. The van der Waals surface area contributed by atoms with Crippen LogP contribution in [0.25, 0.3) is 22.3 Å². The zero-order valence-corrected chi connectivity index (χ0v) is 20.6. The topological polar surface area (TPSA) is 57.2 Å². The summed E-state index contributed by atoms with van der Waals surface area (Å²) >= 11 is 6.09. The SMILES string of the molecule is CN(Cc1ccc(C(F)(F)F)nc1N(C)C)Nc1nccc(-c2ccc(Cl)cc2)c1-c1ccncc1. The van der Waals surface area contributed by atoms with E-state index in [1.54, 1.807) is 49.6 Å². The van der Waals surface area contributed by atoms with Crippen LogP contribution < -0.4 is 10.3 Å². The maximum absolute atomic E-state index is 13.2. The van der Waals surface area contributed by atoms with Gasteiger partial charge in [-0.05, 0) is 53.1 Å². The van der Waals surface area contributed by atoms with Gasteiger partial charge in [0.15, 0.2) is 0 Å². The summed E-state index contributed by atoms with van der Waals surface area (Å²) in [6.07, 6.45) is 0.603. The summed E-state index contributed by atoms with van der Waals surface area (Å²) in [5.74, 6) is 0.832. The van der Waals surface area contributed by atoms with Crippen molar-refractivity contribution in [3.05, 3.63) is 89.5 Å². The van der Waals surface area contributed by atoms with Gasteiger partial charge in [-0.1, -0.05) is 29.8 Å². The minimum Gasteiger partial charge on any atom is -0.362 e. The van der Waals surface area contributed by atoms with Crippen LogP contribution in [-0.2, 0) is 12.7 Å². The van der Waals surface area contributed by atoms with E-state index in [1.807, 2.05) is 42.5 Å². The fraction of sp³-hybridized carbons (Fsp3) is 0.192. The number of hydrogen-bond acceptors (Lipinski definition) is 6. The smallest absolute Gasteiger partial charge is 0.362 e. The van der Waals surface area contributed by atoms with Gasteiger partial charge in [0, 0.05) is 62.4 Å². The first-order chi connectivity index (χ1) is 17.1. The highest BCUT2D eigenvalue weighted by molar-refractivity contribution is 6.30. The minimum atomic E-state index is -4.51. The van der Waals surface area contributed by atoms with E-state index in [1.165, 1.54) is 6.07 Å². The van der Waals surface area contributed by atoms with Crippen LogP contribution in [0, 0.1) is 0 Å². The number of nitrogens with one attached hydrogen (secondary N) is 1. The van der Waals surface area contributed by atoms with E-state index in [9.17, 15) is 13.2 Å². The van der Waals surface area contributed by atoms with Crippen LogP contribution in [0.15, 0.2) is 73.2 Å². The summed E-state index contributed by atoms with van der Waals surface area (Å²) in [7, 11) is 5.13. The fourth-order valence-corrected chi connectivity index (χ4v) is 3.97. The third kappa shape index (κ3) is 5.75. The van der Waals surface area contributed by atoms with E-state index < -0.39 is 11.9 Å². The van der Waals surface area contributed by atoms with Crippen LogP contribution in [0.2, 0.25) is 5.02 Å². The molecule has 186 valence electrons. The molecule has 1 aromatic carbocycles. The number of aromatic nitrogens is 3. The quantitative estimate of drug-likeness (QED) is 0.289. The third-order valence-electron chi connectivity index (χ3n) is 5.45. The van der Waals surface area contributed by atoms with E-state index in [2.05, 4.69) is 20.4 Å². The number of rotatable bonds is 7. The highest BCUT2D eigenvalue weighted by Gasteiger charge is 2.33. The zero-order valence-electron chi connectivity index (χ0n) is 19.9. The second kappa shape index (κ2) is 10.5. The third-order valence-corrected chi connectivity index (χ3v) is 5.70. The van der Waals surface area contributed by atoms with Crippen molar-refractivity contribution in [1.82, 2.24) is 20.0 Å². The average Bonchev–Trinajstić information content (AvgIpc) is 2.84. The predicted octanol–water partition coefficient (Wildman–Crippen LogP) is 6.40. The van der Waals surface area contributed by atoms with Gasteiger partial charge in [0.25, 0.3) is 0 Å². The van der Waals surface area contributed by atoms with Crippen LogP contribution in [0.1, 0.15) is 11.3 Å². The monoisotopic (exact) mass is 512 g/mol. The van der Waals surface area contributed by atoms with Gasteiger partial charge < -0.3 is 10.3 Å². The lowest BCUT2D eigenvalue weighted by Crippen LogP contribution is -2.27. The van der Waals surface area contributed by atoms with Crippen molar-refractivity contribution in [3.8, 4) is 22.3 Å². The molecular formula is C26H24ClF3N6. The van der Waals surface area contributed by atoms with Crippen molar-refractivity contribution in [2.75, 3.05) is 31.5 Å². The standard InChI is InChI=1S/C26H24ClF3N6/c1-35(2)25-19(6-9-22(33-25)26(28,29)30)16-36(3)34-24-23(18-10-13-31-14-11-18)21(12-15-32-24)17-4-7-20(27)8-5-17/h4-15H,16H2,1-3H3,(H,32,34). The molecule has 0 aliphatic carbocycles. The van der Waals surface area contributed by atoms with Crippen molar-refractivity contribution in [3.63, 3.8) is 0 Å². The van der Waals surface area contributed by atoms with Crippen LogP contribution in [0.3, 0.4) is 0 Å². The van der Waals surface area contributed by atoms with Crippen molar-refractivity contribution >= 4 is 23.2 Å². The number of anilines is 2. The minimum absolute atomic E-state index is 0.246. The fourth-order valence-electron chi connectivity index (χ4n) is 3.85. The summed E-state index contributed by atoms with van der Waals surface area (Å²) < 4.78 is 39.6. The Morgan fingerprint density at radius 1 is 0.861 bits per heavy atom. The van der Waals surface area contributed by atoms with Crippen LogP contribution in [-0.4, -0.2) is 41.1 Å². The Hall–Kier alpha value is -3.69. The molecule has 0 radical (unpaired) electrons. The van der Waals surface area contributed by atoms with E-state index >= 15 is 0 Å². The first-order valence-electron chi connectivity index (χ1n) is 11.0. The summed E-state index contributed by atoms with van der Waals surface area (Å²) in [5.41, 5.74) is 6.66. The van der Waals surface area contributed by atoms with E-state index in [0.717, 1.165) is 28.3 Å². The lowest BCUT2D eigenvalue weighted by molar-refractivity contribution is -0.141. The molecule has 0 amide bonds. The highest BCUT2D eigenvalue weighted by atomic mass is 35.5. The number of hydrogen-bond donors (Lipinski definition) is 1. The zero-order chi connectivity index (χ0) is 25.9. The van der Waals surface area contributed by atoms with Gasteiger partial charge in [0.05, 0.1) is 0 Å². The van der Waals surface area contributed by atoms with E-state index in [4.69, 9.17) is 11.6 Å².